The van der Waals surface area contributed by atoms with Gasteiger partial charge in [0.15, 0.2) is 5.69 Å². The van der Waals surface area contributed by atoms with Crippen LogP contribution >= 0.6 is 11.6 Å². The van der Waals surface area contributed by atoms with Crippen LogP contribution in [0, 0.1) is 0 Å². The standard InChI is InChI=1S/C5H2ClF3N2/c6-4-2-10-1-3(11-4)5(7,8)9/h1-2H/i1D,2D. The molecule has 0 atom stereocenters. The van der Waals surface area contributed by atoms with E-state index in [0.29, 0.717) is 0 Å². The van der Waals surface area contributed by atoms with E-state index in [2.05, 4.69) is 9.97 Å². The van der Waals surface area contributed by atoms with Crippen LogP contribution in [0.5, 0.6) is 0 Å². The van der Waals surface area contributed by atoms with Crippen LogP contribution < -0.4 is 0 Å². The van der Waals surface area contributed by atoms with Gasteiger partial charge in [0, 0.05) is 0 Å². The largest absolute Gasteiger partial charge is 0.434 e. The third kappa shape index (κ3) is 2.04. The van der Waals surface area contributed by atoms with Crippen LogP contribution in [-0.2, 0) is 6.18 Å². The molecule has 0 bridgehead atoms. The number of hydrogen-bond acceptors (Lipinski definition) is 2. The Morgan fingerprint density at radius 2 is 2.09 bits per heavy atom. The van der Waals surface area contributed by atoms with Gasteiger partial charge in [-0.2, -0.15) is 13.2 Å². The average molecular weight is 185 g/mol. The smallest absolute Gasteiger partial charge is 0.259 e. The molecule has 0 amide bonds. The second-order valence-corrected chi connectivity index (χ2v) is 1.94. The van der Waals surface area contributed by atoms with Crippen LogP contribution in [-0.4, -0.2) is 9.97 Å². The summed E-state index contributed by atoms with van der Waals surface area (Å²) in [6.07, 6.45) is -6.50. The molecule has 0 aliphatic heterocycles. The third-order valence-corrected chi connectivity index (χ3v) is 0.957. The molecule has 0 saturated carbocycles. The fourth-order valence-electron chi connectivity index (χ4n) is 0.402. The summed E-state index contributed by atoms with van der Waals surface area (Å²) < 4.78 is 49.7. The molecule has 1 rings (SSSR count). The van der Waals surface area contributed by atoms with Crippen molar-refractivity contribution >= 4 is 11.6 Å². The number of rotatable bonds is 0. The Labute approximate surface area is 67.8 Å². The van der Waals surface area contributed by atoms with Gasteiger partial charge >= 0.3 is 6.18 Å². The Morgan fingerprint density at radius 3 is 2.64 bits per heavy atom. The monoisotopic (exact) mass is 184 g/mol. The van der Waals surface area contributed by atoms with Crippen molar-refractivity contribution in [2.45, 2.75) is 6.18 Å². The van der Waals surface area contributed by atoms with Crippen LogP contribution in [0.2, 0.25) is 5.15 Å². The van der Waals surface area contributed by atoms with Crippen molar-refractivity contribution in [1.82, 2.24) is 9.97 Å². The second kappa shape index (κ2) is 2.65. The molecule has 2 nitrogen and oxygen atoms in total. The van der Waals surface area contributed by atoms with E-state index in [0.717, 1.165) is 0 Å². The van der Waals surface area contributed by atoms with Gasteiger partial charge in [0.05, 0.1) is 15.1 Å². The van der Waals surface area contributed by atoms with Crippen LogP contribution in [0.1, 0.15) is 8.44 Å². The van der Waals surface area contributed by atoms with E-state index in [9.17, 15) is 13.2 Å². The van der Waals surface area contributed by atoms with Gasteiger partial charge in [0.1, 0.15) is 5.15 Å². The Balaban J connectivity index is 3.32. The molecule has 0 N–H and O–H groups in total. The van der Waals surface area contributed by atoms with Crippen molar-refractivity contribution in [2.75, 3.05) is 0 Å². The van der Waals surface area contributed by atoms with Gasteiger partial charge in [-0.05, 0) is 0 Å². The quantitative estimate of drug-likeness (QED) is 0.618. The predicted molar refractivity (Wildman–Crippen MR) is 32.0 cm³/mol. The van der Waals surface area contributed by atoms with E-state index >= 15 is 0 Å². The predicted octanol–water partition coefficient (Wildman–Crippen LogP) is 2.15. The fraction of sp³-hybridized carbons (Fsp3) is 0.200. The average Bonchev–Trinajstić information content (AvgIpc) is 1.94. The van der Waals surface area contributed by atoms with E-state index in [1.807, 2.05) is 0 Å². The highest BCUT2D eigenvalue weighted by Gasteiger charge is 2.32. The Hall–Kier alpha value is -0.840. The highest BCUT2D eigenvalue weighted by Crippen LogP contribution is 2.27. The number of nitrogens with zero attached hydrogens (tertiary/aromatic N) is 2. The van der Waals surface area contributed by atoms with Crippen molar-refractivity contribution in [1.29, 1.82) is 0 Å². The topological polar surface area (TPSA) is 25.8 Å². The molecule has 0 saturated heterocycles. The first-order chi connectivity index (χ1) is 5.82. The summed E-state index contributed by atoms with van der Waals surface area (Å²) in [5.74, 6) is 0. The highest BCUT2D eigenvalue weighted by molar-refractivity contribution is 6.29. The number of hydrogen-bond donors (Lipinski definition) is 0. The summed E-state index contributed by atoms with van der Waals surface area (Å²) in [5.41, 5.74) is -1.48. The zero-order chi connectivity index (χ0) is 10.2. The second-order valence-electron chi connectivity index (χ2n) is 1.58. The maximum Gasteiger partial charge on any atom is 0.434 e. The van der Waals surface area contributed by atoms with Crippen molar-refractivity contribution in [3.8, 4) is 0 Å². The molecule has 1 heterocycles. The summed E-state index contributed by atoms with van der Waals surface area (Å²) in [6.45, 7) is 0. The molecule has 0 unspecified atom stereocenters. The summed E-state index contributed by atoms with van der Waals surface area (Å²) in [7, 11) is 0. The maximum absolute atomic E-state index is 12.0. The lowest BCUT2D eigenvalue weighted by molar-refractivity contribution is -0.141. The highest BCUT2D eigenvalue weighted by atomic mass is 35.5. The van der Waals surface area contributed by atoms with E-state index < -0.39 is 29.4 Å². The minimum Gasteiger partial charge on any atom is -0.259 e. The summed E-state index contributed by atoms with van der Waals surface area (Å²) in [6, 6.07) is 0. The normalized spacial score (nSPS) is 14.2. The minimum absolute atomic E-state index is 0.639. The molecule has 1 aromatic rings. The number of halogens is 4. The minimum atomic E-state index is -4.76. The van der Waals surface area contributed by atoms with Crippen LogP contribution in [0.3, 0.4) is 0 Å². The van der Waals surface area contributed by atoms with E-state index in [1.165, 1.54) is 0 Å². The number of aromatic nitrogens is 2. The zero-order valence-electron chi connectivity index (χ0n) is 6.91. The van der Waals surface area contributed by atoms with Gasteiger partial charge < -0.3 is 0 Å². The number of alkyl halides is 3. The van der Waals surface area contributed by atoms with Crippen molar-refractivity contribution < 1.29 is 15.9 Å². The molecule has 0 aliphatic rings. The van der Waals surface area contributed by atoms with Gasteiger partial charge in [-0.1, -0.05) is 11.6 Å². The molecule has 0 spiro atoms. The van der Waals surface area contributed by atoms with Gasteiger partial charge in [0.25, 0.3) is 0 Å². The first-order valence-corrected chi connectivity index (χ1v) is 2.78. The van der Waals surface area contributed by atoms with E-state index in [1.54, 1.807) is 0 Å². The molecule has 60 valence electrons. The molecular formula is C5H2ClF3N2. The molecule has 0 radical (unpaired) electrons. The molecule has 0 fully saturated rings. The SMILES string of the molecule is [2H]c1nc([2H])c(C(F)(F)F)nc1Cl. The van der Waals surface area contributed by atoms with Crippen molar-refractivity contribution in [3.05, 3.63) is 23.2 Å². The lowest BCUT2D eigenvalue weighted by Crippen LogP contribution is -2.08. The lowest BCUT2D eigenvalue weighted by Gasteiger charge is -2.03. The molecular weight excluding hydrogens is 181 g/mol. The zero-order valence-corrected chi connectivity index (χ0v) is 5.66. The molecule has 6 heteroatoms. The van der Waals surface area contributed by atoms with Crippen molar-refractivity contribution in [2.24, 2.45) is 0 Å². The van der Waals surface area contributed by atoms with E-state index in [-0.39, 0.29) is 0 Å². The van der Waals surface area contributed by atoms with Crippen LogP contribution in [0.15, 0.2) is 12.3 Å². The van der Waals surface area contributed by atoms with Gasteiger partial charge in [-0.3, -0.25) is 4.98 Å². The van der Waals surface area contributed by atoms with Gasteiger partial charge in [-0.25, -0.2) is 4.98 Å². The van der Waals surface area contributed by atoms with Gasteiger partial charge in [-0.15, -0.1) is 0 Å². The third-order valence-electron chi connectivity index (χ3n) is 0.788. The lowest BCUT2D eigenvalue weighted by atomic mass is 10.4. The van der Waals surface area contributed by atoms with Crippen LogP contribution in [0.25, 0.3) is 0 Å². The molecule has 0 aromatic carbocycles. The summed E-state index contributed by atoms with van der Waals surface area (Å²) >= 11 is 5.15. The summed E-state index contributed by atoms with van der Waals surface area (Å²) in [4.78, 5) is 5.80. The fourth-order valence-corrected chi connectivity index (χ4v) is 0.529. The van der Waals surface area contributed by atoms with Crippen molar-refractivity contribution in [3.63, 3.8) is 0 Å². The first-order valence-electron chi connectivity index (χ1n) is 3.40. The van der Waals surface area contributed by atoms with Crippen LogP contribution in [0.4, 0.5) is 13.2 Å². The molecule has 0 aliphatic carbocycles. The Kier molecular flexibility index (Phi) is 1.39. The van der Waals surface area contributed by atoms with E-state index in [4.69, 9.17) is 14.3 Å². The Bertz CT molecular complexity index is 341. The van der Waals surface area contributed by atoms with Gasteiger partial charge in [0.2, 0.25) is 0 Å². The molecule has 11 heavy (non-hydrogen) atoms. The molecule has 1 aromatic heterocycles. The maximum atomic E-state index is 12.0. The summed E-state index contributed by atoms with van der Waals surface area (Å²) in [5, 5.41) is -0.664. The first kappa shape index (κ1) is 5.77. The Morgan fingerprint density at radius 1 is 1.45 bits per heavy atom.